The van der Waals surface area contributed by atoms with E-state index < -0.39 is 5.97 Å². The van der Waals surface area contributed by atoms with Gasteiger partial charge in [0.1, 0.15) is 0 Å². The van der Waals surface area contributed by atoms with Crippen LogP contribution in [0.4, 0.5) is 0 Å². The molecule has 1 unspecified atom stereocenters. The molecular formula is C19H28N2O3. The SMILES string of the molecule is Cc1ccccc1CN(C)C(=O)CN1CCCC(CCC(=O)O)C1. The van der Waals surface area contributed by atoms with Crippen LogP contribution in [-0.2, 0) is 16.1 Å². The number of carbonyl (C=O) groups is 2. The number of aryl methyl sites for hydroxylation is 1. The van der Waals surface area contributed by atoms with Crippen LogP contribution in [0.5, 0.6) is 0 Å². The molecule has 2 rings (SSSR count). The Morgan fingerprint density at radius 1 is 1.33 bits per heavy atom. The van der Waals surface area contributed by atoms with Crippen LogP contribution in [0.3, 0.4) is 0 Å². The van der Waals surface area contributed by atoms with Crippen LogP contribution in [0.2, 0.25) is 0 Å². The maximum Gasteiger partial charge on any atom is 0.303 e. The van der Waals surface area contributed by atoms with E-state index >= 15 is 0 Å². The summed E-state index contributed by atoms with van der Waals surface area (Å²) >= 11 is 0. The molecule has 0 radical (unpaired) electrons. The number of carboxylic acid groups (broad SMARTS) is 1. The predicted molar refractivity (Wildman–Crippen MR) is 93.7 cm³/mol. The first kappa shape index (κ1) is 18.5. The number of carboxylic acids is 1. The van der Waals surface area contributed by atoms with E-state index in [0.29, 0.717) is 25.4 Å². The standard InChI is InChI=1S/C19H28N2O3/c1-15-6-3-4-8-17(15)13-20(2)18(22)14-21-11-5-7-16(12-21)9-10-19(23)24/h3-4,6,8,16H,5,7,9-14H2,1-2H3,(H,23,24). The normalized spacial score (nSPS) is 18.3. The van der Waals surface area contributed by atoms with Crippen molar-refractivity contribution in [1.82, 2.24) is 9.80 Å². The predicted octanol–water partition coefficient (Wildman–Crippen LogP) is 2.53. The number of benzene rings is 1. The summed E-state index contributed by atoms with van der Waals surface area (Å²) in [6.45, 7) is 4.86. The van der Waals surface area contributed by atoms with E-state index in [1.165, 1.54) is 11.1 Å². The van der Waals surface area contributed by atoms with E-state index in [1.807, 2.05) is 19.2 Å². The summed E-state index contributed by atoms with van der Waals surface area (Å²) in [5, 5.41) is 8.82. The lowest BCUT2D eigenvalue weighted by atomic mass is 9.93. The molecule has 5 heteroatoms. The van der Waals surface area contributed by atoms with Crippen molar-refractivity contribution in [2.45, 2.75) is 39.2 Å². The lowest BCUT2D eigenvalue weighted by molar-refractivity contribution is -0.137. The van der Waals surface area contributed by atoms with Gasteiger partial charge in [0.05, 0.1) is 6.54 Å². The number of rotatable bonds is 7. The minimum absolute atomic E-state index is 0.122. The first-order valence-electron chi connectivity index (χ1n) is 8.68. The molecule has 1 atom stereocenters. The summed E-state index contributed by atoms with van der Waals surface area (Å²) in [5.74, 6) is -0.220. The topological polar surface area (TPSA) is 60.9 Å². The zero-order valence-corrected chi connectivity index (χ0v) is 14.7. The molecule has 1 aromatic rings. The summed E-state index contributed by atoms with van der Waals surface area (Å²) in [7, 11) is 1.85. The van der Waals surface area contributed by atoms with Gasteiger partial charge < -0.3 is 10.0 Å². The minimum Gasteiger partial charge on any atom is -0.481 e. The Morgan fingerprint density at radius 2 is 2.08 bits per heavy atom. The van der Waals surface area contributed by atoms with Crippen molar-refractivity contribution in [2.24, 2.45) is 5.92 Å². The first-order valence-corrected chi connectivity index (χ1v) is 8.68. The number of likely N-dealkylation sites (N-methyl/N-ethyl adjacent to an activating group) is 1. The lowest BCUT2D eigenvalue weighted by Gasteiger charge is -2.33. The summed E-state index contributed by atoms with van der Waals surface area (Å²) in [4.78, 5) is 27.2. The van der Waals surface area contributed by atoms with Gasteiger partial charge in [0.15, 0.2) is 0 Å². The van der Waals surface area contributed by atoms with E-state index in [0.717, 1.165) is 25.9 Å². The first-order chi connectivity index (χ1) is 11.5. The number of nitrogens with zero attached hydrogens (tertiary/aromatic N) is 2. The average Bonchev–Trinajstić information content (AvgIpc) is 2.55. The second kappa shape index (κ2) is 8.83. The van der Waals surface area contributed by atoms with Crippen molar-refractivity contribution < 1.29 is 14.7 Å². The summed E-state index contributed by atoms with van der Waals surface area (Å²) < 4.78 is 0. The van der Waals surface area contributed by atoms with Crippen molar-refractivity contribution in [3.8, 4) is 0 Å². The van der Waals surface area contributed by atoms with Crippen LogP contribution >= 0.6 is 0 Å². The molecule has 1 saturated heterocycles. The second-order valence-electron chi connectivity index (χ2n) is 6.85. The highest BCUT2D eigenvalue weighted by Gasteiger charge is 2.23. The van der Waals surface area contributed by atoms with E-state index in [-0.39, 0.29) is 12.3 Å². The van der Waals surface area contributed by atoms with Gasteiger partial charge in [-0.25, -0.2) is 0 Å². The molecule has 0 aliphatic carbocycles. The molecule has 1 aromatic carbocycles. The molecule has 1 fully saturated rings. The number of hydrogen-bond donors (Lipinski definition) is 1. The molecule has 132 valence electrons. The molecule has 0 bridgehead atoms. The van der Waals surface area contributed by atoms with Gasteiger partial charge in [-0.15, -0.1) is 0 Å². The van der Waals surface area contributed by atoms with Gasteiger partial charge >= 0.3 is 5.97 Å². The number of likely N-dealkylation sites (tertiary alicyclic amines) is 1. The van der Waals surface area contributed by atoms with Crippen LogP contribution in [0.15, 0.2) is 24.3 Å². The molecule has 0 saturated carbocycles. The number of carbonyl (C=O) groups excluding carboxylic acids is 1. The van der Waals surface area contributed by atoms with Gasteiger partial charge in [-0.3, -0.25) is 14.5 Å². The third-order valence-electron chi connectivity index (χ3n) is 4.82. The van der Waals surface area contributed by atoms with Crippen molar-refractivity contribution in [2.75, 3.05) is 26.7 Å². The Bertz CT molecular complexity index is 573. The summed E-state index contributed by atoms with van der Waals surface area (Å²) in [6.07, 6.45) is 3.04. The molecule has 0 spiro atoms. The van der Waals surface area contributed by atoms with Gasteiger partial charge in [0.25, 0.3) is 0 Å². The Hall–Kier alpha value is -1.88. The fourth-order valence-electron chi connectivity index (χ4n) is 3.30. The highest BCUT2D eigenvalue weighted by atomic mass is 16.4. The third kappa shape index (κ3) is 5.64. The Balaban J connectivity index is 1.82. The van der Waals surface area contributed by atoms with Gasteiger partial charge in [0, 0.05) is 26.6 Å². The fraction of sp³-hybridized carbons (Fsp3) is 0.579. The van der Waals surface area contributed by atoms with Crippen LogP contribution in [0.1, 0.15) is 36.8 Å². The number of aliphatic carboxylic acids is 1. The average molecular weight is 332 g/mol. The quantitative estimate of drug-likeness (QED) is 0.833. The van der Waals surface area contributed by atoms with E-state index in [1.54, 1.807) is 4.90 Å². The Kier molecular flexibility index (Phi) is 6.79. The summed E-state index contributed by atoms with van der Waals surface area (Å²) in [6, 6.07) is 8.12. The summed E-state index contributed by atoms with van der Waals surface area (Å²) in [5.41, 5.74) is 2.37. The van der Waals surface area contributed by atoms with Gasteiger partial charge in [-0.2, -0.15) is 0 Å². The van der Waals surface area contributed by atoms with Crippen LogP contribution in [-0.4, -0.2) is 53.5 Å². The van der Waals surface area contributed by atoms with E-state index in [2.05, 4.69) is 24.0 Å². The highest BCUT2D eigenvalue weighted by Crippen LogP contribution is 2.21. The van der Waals surface area contributed by atoms with E-state index in [4.69, 9.17) is 5.11 Å². The Morgan fingerprint density at radius 3 is 2.79 bits per heavy atom. The van der Waals surface area contributed by atoms with Crippen molar-refractivity contribution in [3.05, 3.63) is 35.4 Å². The zero-order valence-electron chi connectivity index (χ0n) is 14.7. The van der Waals surface area contributed by atoms with Gasteiger partial charge in [-0.1, -0.05) is 24.3 Å². The Labute approximate surface area is 144 Å². The zero-order chi connectivity index (χ0) is 17.5. The maximum atomic E-state index is 12.5. The molecule has 0 aromatic heterocycles. The monoisotopic (exact) mass is 332 g/mol. The molecule has 24 heavy (non-hydrogen) atoms. The minimum atomic E-state index is -0.735. The molecule has 1 aliphatic rings. The smallest absolute Gasteiger partial charge is 0.303 e. The third-order valence-corrected chi connectivity index (χ3v) is 4.82. The molecule has 1 aliphatic heterocycles. The fourth-order valence-corrected chi connectivity index (χ4v) is 3.30. The molecule has 1 N–H and O–H groups in total. The number of hydrogen-bond acceptors (Lipinski definition) is 3. The molecule has 1 heterocycles. The van der Waals surface area contributed by atoms with Crippen molar-refractivity contribution in [1.29, 1.82) is 0 Å². The maximum absolute atomic E-state index is 12.5. The highest BCUT2D eigenvalue weighted by molar-refractivity contribution is 5.78. The number of piperidine rings is 1. The molecular weight excluding hydrogens is 304 g/mol. The van der Waals surface area contributed by atoms with Crippen LogP contribution in [0, 0.1) is 12.8 Å². The van der Waals surface area contributed by atoms with Crippen molar-refractivity contribution >= 4 is 11.9 Å². The van der Waals surface area contributed by atoms with Crippen LogP contribution in [0.25, 0.3) is 0 Å². The van der Waals surface area contributed by atoms with Crippen LogP contribution < -0.4 is 0 Å². The van der Waals surface area contributed by atoms with Crippen molar-refractivity contribution in [3.63, 3.8) is 0 Å². The van der Waals surface area contributed by atoms with E-state index in [9.17, 15) is 9.59 Å². The largest absolute Gasteiger partial charge is 0.481 e. The number of amides is 1. The molecule has 1 amide bonds. The van der Waals surface area contributed by atoms with Gasteiger partial charge in [0.2, 0.25) is 5.91 Å². The lowest BCUT2D eigenvalue weighted by Crippen LogP contribution is -2.43. The van der Waals surface area contributed by atoms with Gasteiger partial charge in [-0.05, 0) is 49.8 Å². The molecule has 5 nitrogen and oxygen atoms in total. The second-order valence-corrected chi connectivity index (χ2v) is 6.85.